The van der Waals surface area contributed by atoms with Gasteiger partial charge >= 0.3 is 0 Å². The minimum Gasteiger partial charge on any atom is -0.363 e. The van der Waals surface area contributed by atoms with Crippen LogP contribution in [0.1, 0.15) is 38.2 Å². The van der Waals surface area contributed by atoms with Crippen LogP contribution in [0.4, 0.5) is 0 Å². The van der Waals surface area contributed by atoms with Gasteiger partial charge in [-0.15, -0.1) is 0 Å². The standard InChI is InChI=1S/C18H26N2O2S/c1-14-18(22-12-17(21)20(14)11-15-2-3-15)5-7-19(8-6-18)10-16-4-9-23-13-16/h4,9,13-15H,2-3,5-8,10-12H2,1H3/t14-/m1/s1. The van der Waals surface area contributed by atoms with E-state index in [0.717, 1.165) is 44.9 Å². The van der Waals surface area contributed by atoms with Gasteiger partial charge in [0.05, 0.1) is 11.6 Å². The zero-order valence-electron chi connectivity index (χ0n) is 13.9. The molecule has 1 amide bonds. The Labute approximate surface area is 142 Å². The van der Waals surface area contributed by atoms with Crippen molar-refractivity contribution in [3.63, 3.8) is 0 Å². The second kappa shape index (κ2) is 6.19. The Morgan fingerprint density at radius 1 is 1.35 bits per heavy atom. The monoisotopic (exact) mass is 334 g/mol. The summed E-state index contributed by atoms with van der Waals surface area (Å²) in [5, 5.41) is 4.38. The predicted octanol–water partition coefficient (Wildman–Crippen LogP) is 2.74. The second-order valence-electron chi connectivity index (χ2n) is 7.43. The summed E-state index contributed by atoms with van der Waals surface area (Å²) in [5.74, 6) is 0.936. The molecule has 2 saturated heterocycles. The van der Waals surface area contributed by atoms with Gasteiger partial charge in [0.15, 0.2) is 0 Å². The zero-order chi connectivity index (χ0) is 15.9. The highest BCUT2D eigenvalue weighted by Crippen LogP contribution is 2.38. The average Bonchev–Trinajstić information content (AvgIpc) is 3.24. The molecule has 5 heteroatoms. The number of hydrogen-bond donors (Lipinski definition) is 0. The maximum Gasteiger partial charge on any atom is 0.248 e. The molecule has 1 saturated carbocycles. The predicted molar refractivity (Wildman–Crippen MR) is 91.4 cm³/mol. The van der Waals surface area contributed by atoms with Crippen LogP contribution in [0.15, 0.2) is 16.8 Å². The molecule has 1 atom stereocenters. The van der Waals surface area contributed by atoms with E-state index in [0.29, 0.717) is 0 Å². The number of rotatable bonds is 4. The van der Waals surface area contributed by atoms with Crippen LogP contribution in [0.3, 0.4) is 0 Å². The fourth-order valence-corrected chi connectivity index (χ4v) is 4.70. The van der Waals surface area contributed by atoms with Crippen LogP contribution >= 0.6 is 11.3 Å². The number of ether oxygens (including phenoxy) is 1. The molecule has 3 aliphatic rings. The Hall–Kier alpha value is -0.910. The fraction of sp³-hybridized carbons (Fsp3) is 0.722. The van der Waals surface area contributed by atoms with Crippen LogP contribution in [0.2, 0.25) is 0 Å². The molecular formula is C18H26N2O2S. The van der Waals surface area contributed by atoms with Crippen molar-refractivity contribution in [1.29, 1.82) is 0 Å². The number of nitrogens with zero attached hydrogens (tertiary/aromatic N) is 2. The molecule has 1 aromatic rings. The lowest BCUT2D eigenvalue weighted by molar-refractivity contribution is -0.187. The summed E-state index contributed by atoms with van der Waals surface area (Å²) in [6.45, 7) is 6.59. The zero-order valence-corrected chi connectivity index (χ0v) is 14.7. The summed E-state index contributed by atoms with van der Waals surface area (Å²) in [6.07, 6.45) is 4.65. The van der Waals surface area contributed by atoms with Crippen LogP contribution in [-0.2, 0) is 16.1 Å². The number of amides is 1. The molecule has 0 aromatic carbocycles. The normalized spacial score (nSPS) is 28.5. The lowest BCUT2D eigenvalue weighted by Gasteiger charge is -2.51. The van der Waals surface area contributed by atoms with Gasteiger partial charge in [0.1, 0.15) is 6.61 Å². The minimum atomic E-state index is -0.117. The number of carbonyl (C=O) groups excluding carboxylic acids is 1. The highest BCUT2D eigenvalue weighted by molar-refractivity contribution is 7.07. The molecule has 23 heavy (non-hydrogen) atoms. The Morgan fingerprint density at radius 3 is 2.78 bits per heavy atom. The smallest absolute Gasteiger partial charge is 0.248 e. The average molecular weight is 334 g/mol. The Morgan fingerprint density at radius 2 is 2.13 bits per heavy atom. The van der Waals surface area contributed by atoms with Gasteiger partial charge in [0.2, 0.25) is 5.91 Å². The van der Waals surface area contributed by atoms with Crippen molar-refractivity contribution in [2.45, 2.75) is 50.8 Å². The highest BCUT2D eigenvalue weighted by Gasteiger charge is 2.48. The van der Waals surface area contributed by atoms with Gasteiger partial charge in [-0.1, -0.05) is 0 Å². The number of thiophene rings is 1. The number of hydrogen-bond acceptors (Lipinski definition) is 4. The van der Waals surface area contributed by atoms with Crippen molar-refractivity contribution < 1.29 is 9.53 Å². The minimum absolute atomic E-state index is 0.117. The first-order valence-electron chi connectivity index (χ1n) is 8.83. The van der Waals surface area contributed by atoms with Crippen LogP contribution in [0.25, 0.3) is 0 Å². The lowest BCUT2D eigenvalue weighted by atomic mass is 9.82. The molecule has 2 aliphatic heterocycles. The molecule has 0 unspecified atom stereocenters. The summed E-state index contributed by atoms with van der Waals surface area (Å²) >= 11 is 1.77. The third kappa shape index (κ3) is 3.19. The van der Waals surface area contributed by atoms with Crippen LogP contribution in [-0.4, -0.2) is 53.6 Å². The molecule has 0 N–H and O–H groups in total. The molecule has 1 spiro atoms. The molecule has 3 fully saturated rings. The fourth-order valence-electron chi connectivity index (χ4n) is 4.04. The summed E-state index contributed by atoms with van der Waals surface area (Å²) in [7, 11) is 0. The van der Waals surface area contributed by atoms with E-state index >= 15 is 0 Å². The van der Waals surface area contributed by atoms with Crippen LogP contribution in [0.5, 0.6) is 0 Å². The van der Waals surface area contributed by atoms with E-state index in [4.69, 9.17) is 4.74 Å². The Bertz CT molecular complexity index is 547. The Kier molecular flexibility index (Phi) is 4.20. The topological polar surface area (TPSA) is 32.8 Å². The van der Waals surface area contributed by atoms with E-state index < -0.39 is 0 Å². The first kappa shape index (κ1) is 15.6. The summed E-state index contributed by atoms with van der Waals surface area (Å²) < 4.78 is 6.13. The van der Waals surface area contributed by atoms with E-state index in [2.05, 4.69) is 33.6 Å². The number of carbonyl (C=O) groups is 1. The van der Waals surface area contributed by atoms with Gasteiger partial charge in [-0.05, 0) is 60.9 Å². The third-order valence-electron chi connectivity index (χ3n) is 5.87. The van der Waals surface area contributed by atoms with Gasteiger partial charge in [0.25, 0.3) is 0 Å². The van der Waals surface area contributed by atoms with E-state index in [1.807, 2.05) is 0 Å². The molecule has 4 rings (SSSR count). The van der Waals surface area contributed by atoms with Crippen molar-refractivity contribution in [2.24, 2.45) is 5.92 Å². The molecule has 0 bridgehead atoms. The first-order valence-corrected chi connectivity index (χ1v) is 9.77. The maximum atomic E-state index is 12.3. The van der Waals surface area contributed by atoms with Crippen LogP contribution in [0, 0.1) is 5.92 Å². The summed E-state index contributed by atoms with van der Waals surface area (Å²) in [6, 6.07) is 2.43. The molecular weight excluding hydrogens is 308 g/mol. The van der Waals surface area contributed by atoms with Gasteiger partial charge in [0, 0.05) is 26.2 Å². The van der Waals surface area contributed by atoms with Gasteiger partial charge in [-0.2, -0.15) is 11.3 Å². The maximum absolute atomic E-state index is 12.3. The summed E-state index contributed by atoms with van der Waals surface area (Å²) in [4.78, 5) is 16.9. The van der Waals surface area contributed by atoms with Gasteiger partial charge in [-0.25, -0.2) is 0 Å². The van der Waals surface area contributed by atoms with Crippen molar-refractivity contribution in [3.8, 4) is 0 Å². The van der Waals surface area contributed by atoms with Crippen molar-refractivity contribution in [1.82, 2.24) is 9.80 Å². The highest BCUT2D eigenvalue weighted by atomic mass is 32.1. The van der Waals surface area contributed by atoms with Crippen LogP contribution < -0.4 is 0 Å². The second-order valence-corrected chi connectivity index (χ2v) is 8.21. The third-order valence-corrected chi connectivity index (χ3v) is 6.60. The van der Waals surface area contributed by atoms with Gasteiger partial charge < -0.3 is 9.64 Å². The number of morpholine rings is 1. The SMILES string of the molecule is C[C@H]1N(CC2CC2)C(=O)COC12CCN(Cc1ccsc1)CC2. The number of likely N-dealkylation sites (tertiary alicyclic amines) is 1. The van der Waals surface area contributed by atoms with Crippen molar-refractivity contribution in [3.05, 3.63) is 22.4 Å². The van der Waals surface area contributed by atoms with E-state index in [1.54, 1.807) is 11.3 Å². The van der Waals surface area contributed by atoms with Crippen molar-refractivity contribution >= 4 is 17.2 Å². The number of piperidine rings is 1. The van der Waals surface area contributed by atoms with Crippen molar-refractivity contribution in [2.75, 3.05) is 26.2 Å². The molecule has 4 nitrogen and oxygen atoms in total. The largest absolute Gasteiger partial charge is 0.363 e. The van der Waals surface area contributed by atoms with E-state index in [1.165, 1.54) is 18.4 Å². The molecule has 1 aromatic heterocycles. The molecule has 3 heterocycles. The Balaban J connectivity index is 1.39. The van der Waals surface area contributed by atoms with Gasteiger partial charge in [-0.3, -0.25) is 9.69 Å². The van der Waals surface area contributed by atoms with E-state index in [-0.39, 0.29) is 24.2 Å². The first-order chi connectivity index (χ1) is 11.2. The van der Waals surface area contributed by atoms with E-state index in [9.17, 15) is 4.79 Å². The molecule has 1 aliphatic carbocycles. The quantitative estimate of drug-likeness (QED) is 0.849. The summed E-state index contributed by atoms with van der Waals surface area (Å²) in [5.41, 5.74) is 1.29. The molecule has 126 valence electrons. The lowest BCUT2D eigenvalue weighted by Crippen LogP contribution is -2.64. The molecule has 0 radical (unpaired) electrons.